The van der Waals surface area contributed by atoms with E-state index in [1.807, 2.05) is 12.1 Å². The van der Waals surface area contributed by atoms with Crippen LogP contribution in [0, 0.1) is 10.8 Å². The van der Waals surface area contributed by atoms with Gasteiger partial charge in [0, 0.05) is 39.5 Å². The third-order valence-corrected chi connectivity index (χ3v) is 4.90. The van der Waals surface area contributed by atoms with Gasteiger partial charge in [0.2, 0.25) is 0 Å². The summed E-state index contributed by atoms with van der Waals surface area (Å²) in [4.78, 5) is 15.2. The summed E-state index contributed by atoms with van der Waals surface area (Å²) in [5, 5.41) is 26.4. The molecule has 0 spiro atoms. The summed E-state index contributed by atoms with van der Waals surface area (Å²) < 4.78 is 5.77. The Labute approximate surface area is 189 Å². The van der Waals surface area contributed by atoms with Crippen molar-refractivity contribution in [1.29, 1.82) is 10.8 Å². The number of hydrogen-bond acceptors (Lipinski definition) is 4. The minimum absolute atomic E-state index is 0. The third kappa shape index (κ3) is 4.65. The molecule has 2 aromatic carbocycles. The zero-order chi connectivity index (χ0) is 20.7. The number of carboxylic acid groups (broad SMARTS) is 1. The van der Waals surface area contributed by atoms with Crippen molar-refractivity contribution in [3.8, 4) is 0 Å². The SMILES string of the molecule is Cl.Cl.N=C(N)c1ccc2[nH]c(CC(C(=O)O)c3cc4cc(C(=N)N)ccc4o3)cc2c1. The summed E-state index contributed by atoms with van der Waals surface area (Å²) in [6.45, 7) is 0. The number of benzene rings is 2. The van der Waals surface area contributed by atoms with Crippen molar-refractivity contribution in [2.75, 3.05) is 0 Å². The van der Waals surface area contributed by atoms with E-state index in [1.54, 1.807) is 36.4 Å². The first-order chi connectivity index (χ1) is 13.8. The van der Waals surface area contributed by atoms with E-state index >= 15 is 0 Å². The Kier molecular flexibility index (Phi) is 6.99. The molecule has 0 saturated carbocycles. The maximum Gasteiger partial charge on any atom is 0.314 e. The van der Waals surface area contributed by atoms with Gasteiger partial charge in [0.05, 0.1) is 0 Å². The highest BCUT2D eigenvalue weighted by Gasteiger charge is 2.25. The Morgan fingerprint density at radius 3 is 2.19 bits per heavy atom. The summed E-state index contributed by atoms with van der Waals surface area (Å²) in [6.07, 6.45) is 0.207. The molecule has 0 bridgehead atoms. The first-order valence-electron chi connectivity index (χ1n) is 8.88. The Balaban J connectivity index is 0.00000171. The molecule has 0 amide bonds. The molecule has 1 unspecified atom stereocenters. The van der Waals surface area contributed by atoms with Crippen molar-refractivity contribution in [3.63, 3.8) is 0 Å². The third-order valence-electron chi connectivity index (χ3n) is 4.90. The molecule has 8 N–H and O–H groups in total. The van der Waals surface area contributed by atoms with Gasteiger partial charge in [-0.1, -0.05) is 0 Å². The predicted octanol–water partition coefficient (Wildman–Crippen LogP) is 3.74. The molecule has 0 radical (unpaired) electrons. The average Bonchev–Trinajstić information content (AvgIpc) is 3.27. The highest BCUT2D eigenvalue weighted by atomic mass is 35.5. The van der Waals surface area contributed by atoms with Crippen LogP contribution in [0.5, 0.6) is 0 Å². The molecule has 0 fully saturated rings. The van der Waals surface area contributed by atoms with E-state index in [0.717, 1.165) is 16.6 Å². The molecule has 2 heterocycles. The second-order valence-electron chi connectivity index (χ2n) is 6.92. The Bertz CT molecular complexity index is 1290. The van der Waals surface area contributed by atoms with Gasteiger partial charge < -0.3 is 26.0 Å². The minimum atomic E-state index is -1.00. The van der Waals surface area contributed by atoms with Gasteiger partial charge in [0.25, 0.3) is 0 Å². The van der Waals surface area contributed by atoms with Gasteiger partial charge in [0.15, 0.2) is 0 Å². The van der Waals surface area contributed by atoms with Crippen LogP contribution in [0.25, 0.3) is 21.9 Å². The number of carboxylic acids is 1. The van der Waals surface area contributed by atoms with Crippen LogP contribution in [0.4, 0.5) is 0 Å². The highest BCUT2D eigenvalue weighted by molar-refractivity contribution is 5.99. The molecule has 0 saturated heterocycles. The summed E-state index contributed by atoms with van der Waals surface area (Å²) in [5.41, 5.74) is 14.3. The summed E-state index contributed by atoms with van der Waals surface area (Å²) in [6, 6.07) is 13.9. The predicted molar refractivity (Wildman–Crippen MR) is 125 cm³/mol. The lowest BCUT2D eigenvalue weighted by Gasteiger charge is -2.08. The van der Waals surface area contributed by atoms with Crippen LogP contribution >= 0.6 is 24.8 Å². The standard InChI is InChI=1S/C21H19N5O3.2ClH/c22-19(23)10-1-3-16-12(5-10)7-14(26-16)9-15(21(27)28)18-8-13-6-11(20(24)25)2-4-17(13)29-18;;/h1-8,15,26H,9H2,(H3,22,23)(H3,24,25)(H,27,28);2*1H. The van der Waals surface area contributed by atoms with Crippen LogP contribution in [-0.4, -0.2) is 27.7 Å². The summed E-state index contributed by atoms with van der Waals surface area (Å²) in [5.74, 6) is -1.64. The molecular weight excluding hydrogens is 441 g/mol. The van der Waals surface area contributed by atoms with Crippen molar-refractivity contribution in [3.05, 3.63) is 71.1 Å². The Morgan fingerprint density at radius 1 is 0.968 bits per heavy atom. The second kappa shape index (κ2) is 9.11. The molecule has 4 rings (SSSR count). The molecule has 0 aliphatic rings. The normalized spacial score (nSPS) is 11.5. The maximum atomic E-state index is 11.9. The van der Waals surface area contributed by atoms with Crippen molar-refractivity contribution in [2.45, 2.75) is 12.3 Å². The lowest BCUT2D eigenvalue weighted by Crippen LogP contribution is -2.13. The van der Waals surface area contributed by atoms with Crippen LogP contribution in [-0.2, 0) is 11.2 Å². The minimum Gasteiger partial charge on any atom is -0.481 e. The number of hydrogen-bond donors (Lipinski definition) is 6. The average molecular weight is 462 g/mol. The number of nitrogens with one attached hydrogen (secondary N) is 3. The number of aliphatic carboxylic acids is 1. The Hall–Kier alpha value is -3.49. The molecule has 0 aliphatic heterocycles. The molecule has 2 aromatic heterocycles. The van der Waals surface area contributed by atoms with Gasteiger partial charge in [0.1, 0.15) is 28.9 Å². The maximum absolute atomic E-state index is 11.9. The van der Waals surface area contributed by atoms with E-state index in [4.69, 9.17) is 26.7 Å². The first-order valence-corrected chi connectivity index (χ1v) is 8.88. The molecule has 162 valence electrons. The van der Waals surface area contributed by atoms with Crippen LogP contribution in [0.2, 0.25) is 0 Å². The van der Waals surface area contributed by atoms with Gasteiger partial charge >= 0.3 is 5.97 Å². The van der Waals surface area contributed by atoms with Gasteiger partial charge in [-0.2, -0.15) is 0 Å². The van der Waals surface area contributed by atoms with E-state index in [1.165, 1.54) is 0 Å². The molecule has 8 nitrogen and oxygen atoms in total. The number of fused-ring (bicyclic) bond motifs is 2. The van der Waals surface area contributed by atoms with Crippen molar-refractivity contribution < 1.29 is 14.3 Å². The molecule has 10 heteroatoms. The fourth-order valence-corrected chi connectivity index (χ4v) is 3.40. The number of rotatable bonds is 6. The zero-order valence-electron chi connectivity index (χ0n) is 16.1. The fourth-order valence-electron chi connectivity index (χ4n) is 3.40. The first kappa shape index (κ1) is 23.8. The van der Waals surface area contributed by atoms with Crippen LogP contribution in [0.1, 0.15) is 28.5 Å². The second-order valence-corrected chi connectivity index (χ2v) is 6.92. The van der Waals surface area contributed by atoms with Crippen molar-refractivity contribution >= 4 is 64.3 Å². The summed E-state index contributed by atoms with van der Waals surface area (Å²) in [7, 11) is 0. The molecule has 0 aliphatic carbocycles. The number of H-pyrrole nitrogens is 1. The number of aromatic nitrogens is 1. The number of furan rings is 1. The van der Waals surface area contributed by atoms with Gasteiger partial charge in [-0.15, -0.1) is 24.8 Å². The van der Waals surface area contributed by atoms with Crippen LogP contribution < -0.4 is 11.5 Å². The van der Waals surface area contributed by atoms with E-state index in [2.05, 4.69) is 4.98 Å². The number of nitrogen functional groups attached to an aromatic ring is 2. The topological polar surface area (TPSA) is 166 Å². The zero-order valence-corrected chi connectivity index (χ0v) is 17.8. The molecule has 31 heavy (non-hydrogen) atoms. The van der Waals surface area contributed by atoms with E-state index in [9.17, 15) is 9.90 Å². The molecule has 1 atom stereocenters. The molecule has 4 aromatic rings. The van der Waals surface area contributed by atoms with E-state index in [0.29, 0.717) is 27.9 Å². The highest BCUT2D eigenvalue weighted by Crippen LogP contribution is 2.29. The monoisotopic (exact) mass is 461 g/mol. The Morgan fingerprint density at radius 2 is 1.58 bits per heavy atom. The lowest BCUT2D eigenvalue weighted by molar-refractivity contribution is -0.139. The quantitative estimate of drug-likeness (QED) is 0.189. The van der Waals surface area contributed by atoms with E-state index < -0.39 is 11.9 Å². The number of halogens is 2. The number of amidine groups is 2. The molecular formula is C21H21Cl2N5O3. The summed E-state index contributed by atoms with van der Waals surface area (Å²) >= 11 is 0. The number of nitrogens with two attached hydrogens (primary N) is 2. The number of aromatic amines is 1. The number of carbonyl (C=O) groups is 1. The largest absolute Gasteiger partial charge is 0.481 e. The van der Waals surface area contributed by atoms with Gasteiger partial charge in [-0.3, -0.25) is 15.6 Å². The van der Waals surface area contributed by atoms with Crippen LogP contribution in [0.3, 0.4) is 0 Å². The fraction of sp³-hybridized carbons (Fsp3) is 0.0952. The smallest absolute Gasteiger partial charge is 0.314 e. The van der Waals surface area contributed by atoms with E-state index in [-0.39, 0.29) is 42.9 Å². The lowest BCUT2D eigenvalue weighted by atomic mass is 10.00. The van der Waals surface area contributed by atoms with Crippen molar-refractivity contribution in [1.82, 2.24) is 4.98 Å². The van der Waals surface area contributed by atoms with Crippen molar-refractivity contribution in [2.24, 2.45) is 11.5 Å². The van der Waals surface area contributed by atoms with Gasteiger partial charge in [-0.25, -0.2) is 0 Å². The van der Waals surface area contributed by atoms with Crippen LogP contribution in [0.15, 0.2) is 52.9 Å². The van der Waals surface area contributed by atoms with Gasteiger partial charge in [-0.05, 0) is 48.5 Å².